The van der Waals surface area contributed by atoms with Crippen LogP contribution >= 0.6 is 23.2 Å². The number of nitrogens with zero attached hydrogens (tertiary/aromatic N) is 3. The predicted octanol–water partition coefficient (Wildman–Crippen LogP) is 5.55. The second kappa shape index (κ2) is 10.6. The SMILES string of the molecule is CCOCCn1c(N[C@@H]2CCN(C(=O)O)[C@@H](Cc3ccc(Cl)c(Cl)c3)C2)nc2ccccc21. The Morgan fingerprint density at radius 2 is 2.06 bits per heavy atom. The van der Waals surface area contributed by atoms with Gasteiger partial charge < -0.3 is 24.6 Å². The third kappa shape index (κ3) is 5.54. The molecule has 3 aromatic rings. The van der Waals surface area contributed by atoms with E-state index in [4.69, 9.17) is 32.9 Å². The van der Waals surface area contributed by atoms with Gasteiger partial charge in [0.25, 0.3) is 0 Å². The lowest BCUT2D eigenvalue weighted by molar-refractivity contribution is 0.103. The Bertz CT molecular complexity index is 1120. The van der Waals surface area contributed by atoms with Crippen LogP contribution in [0.3, 0.4) is 0 Å². The van der Waals surface area contributed by atoms with E-state index in [1.807, 2.05) is 37.3 Å². The zero-order valence-electron chi connectivity index (χ0n) is 18.5. The number of halogens is 2. The molecule has 1 aliphatic rings. The lowest BCUT2D eigenvalue weighted by Gasteiger charge is -2.38. The van der Waals surface area contributed by atoms with Gasteiger partial charge in [0.05, 0.1) is 27.7 Å². The van der Waals surface area contributed by atoms with Crippen molar-refractivity contribution in [2.24, 2.45) is 0 Å². The Balaban J connectivity index is 1.53. The summed E-state index contributed by atoms with van der Waals surface area (Å²) in [6, 6.07) is 13.4. The number of aromatic nitrogens is 2. The summed E-state index contributed by atoms with van der Waals surface area (Å²) < 4.78 is 7.72. The number of piperidine rings is 1. The first-order valence-electron chi connectivity index (χ1n) is 11.2. The van der Waals surface area contributed by atoms with Crippen molar-refractivity contribution in [3.05, 3.63) is 58.1 Å². The van der Waals surface area contributed by atoms with Crippen molar-refractivity contribution in [2.75, 3.05) is 25.1 Å². The van der Waals surface area contributed by atoms with Crippen molar-refractivity contribution < 1.29 is 14.6 Å². The van der Waals surface area contributed by atoms with Crippen LogP contribution in [-0.4, -0.2) is 57.5 Å². The van der Waals surface area contributed by atoms with Crippen LogP contribution < -0.4 is 5.32 Å². The second-order valence-corrected chi connectivity index (χ2v) is 9.04. The van der Waals surface area contributed by atoms with Crippen molar-refractivity contribution in [2.45, 2.75) is 44.8 Å². The quantitative estimate of drug-likeness (QED) is 0.404. The molecule has 2 atom stereocenters. The average molecular weight is 491 g/mol. The molecule has 1 aromatic heterocycles. The number of hydrogen-bond acceptors (Lipinski definition) is 4. The zero-order chi connectivity index (χ0) is 23.4. The topological polar surface area (TPSA) is 79.6 Å². The summed E-state index contributed by atoms with van der Waals surface area (Å²) >= 11 is 12.2. The molecule has 1 fully saturated rings. The molecule has 0 bridgehead atoms. The van der Waals surface area contributed by atoms with Crippen LogP contribution in [0.5, 0.6) is 0 Å². The number of likely N-dealkylation sites (tertiary alicyclic amines) is 1. The molecule has 0 radical (unpaired) electrons. The number of carbonyl (C=O) groups is 1. The molecule has 1 saturated heterocycles. The van der Waals surface area contributed by atoms with E-state index in [0.717, 1.165) is 22.5 Å². The van der Waals surface area contributed by atoms with E-state index in [0.29, 0.717) is 55.6 Å². The summed E-state index contributed by atoms with van der Waals surface area (Å²) in [6.45, 7) is 4.40. The monoisotopic (exact) mass is 490 g/mol. The highest BCUT2D eigenvalue weighted by Gasteiger charge is 2.32. The van der Waals surface area contributed by atoms with Crippen LogP contribution in [-0.2, 0) is 17.7 Å². The van der Waals surface area contributed by atoms with Gasteiger partial charge in [-0.05, 0) is 56.0 Å². The minimum atomic E-state index is -0.900. The van der Waals surface area contributed by atoms with Gasteiger partial charge >= 0.3 is 6.09 Å². The number of benzene rings is 2. The van der Waals surface area contributed by atoms with Crippen LogP contribution in [0.4, 0.5) is 10.7 Å². The van der Waals surface area contributed by atoms with Crippen molar-refractivity contribution >= 4 is 46.3 Å². The predicted molar refractivity (Wildman–Crippen MR) is 132 cm³/mol. The lowest BCUT2D eigenvalue weighted by atomic mass is 9.92. The first-order chi connectivity index (χ1) is 16.0. The molecule has 9 heteroatoms. The number of carboxylic acid groups (broad SMARTS) is 1. The number of anilines is 1. The Morgan fingerprint density at radius 1 is 1.24 bits per heavy atom. The fourth-order valence-electron chi connectivity index (χ4n) is 4.46. The molecular formula is C24H28Cl2N4O3. The molecule has 2 aromatic carbocycles. The molecule has 1 amide bonds. The maximum atomic E-state index is 11.9. The van der Waals surface area contributed by atoms with Gasteiger partial charge in [0, 0.05) is 31.8 Å². The van der Waals surface area contributed by atoms with Crippen molar-refractivity contribution in [3.63, 3.8) is 0 Å². The minimum Gasteiger partial charge on any atom is -0.465 e. The average Bonchev–Trinajstić information content (AvgIpc) is 3.13. The summed E-state index contributed by atoms with van der Waals surface area (Å²) in [6.07, 6.45) is 1.05. The maximum Gasteiger partial charge on any atom is 0.407 e. The summed E-state index contributed by atoms with van der Waals surface area (Å²) in [5, 5.41) is 14.3. The number of rotatable bonds is 8. The van der Waals surface area contributed by atoms with Gasteiger partial charge in [-0.3, -0.25) is 0 Å². The van der Waals surface area contributed by atoms with Crippen LogP contribution in [0.2, 0.25) is 10.0 Å². The summed E-state index contributed by atoms with van der Waals surface area (Å²) in [7, 11) is 0. The molecule has 0 spiro atoms. The molecule has 1 aliphatic heterocycles. The van der Waals surface area contributed by atoms with Crippen LogP contribution in [0.15, 0.2) is 42.5 Å². The molecular weight excluding hydrogens is 463 g/mol. The fourth-order valence-corrected chi connectivity index (χ4v) is 4.78. The third-order valence-corrected chi connectivity index (χ3v) is 6.81. The summed E-state index contributed by atoms with van der Waals surface area (Å²) in [5.74, 6) is 0.790. The molecule has 176 valence electrons. The molecule has 0 aliphatic carbocycles. The number of amides is 1. The summed E-state index contributed by atoms with van der Waals surface area (Å²) in [4.78, 5) is 18.2. The Kier molecular flexibility index (Phi) is 7.63. The van der Waals surface area contributed by atoms with Gasteiger partial charge in [0.1, 0.15) is 0 Å². The highest BCUT2D eigenvalue weighted by Crippen LogP contribution is 2.28. The molecule has 33 heavy (non-hydrogen) atoms. The van der Waals surface area contributed by atoms with Crippen LogP contribution in [0.25, 0.3) is 11.0 Å². The maximum absolute atomic E-state index is 11.9. The summed E-state index contributed by atoms with van der Waals surface area (Å²) in [5.41, 5.74) is 2.94. The molecule has 2 N–H and O–H groups in total. The van der Waals surface area contributed by atoms with Crippen molar-refractivity contribution in [1.29, 1.82) is 0 Å². The van der Waals surface area contributed by atoms with E-state index in [1.165, 1.54) is 4.90 Å². The molecule has 0 unspecified atom stereocenters. The fraction of sp³-hybridized carbons (Fsp3) is 0.417. The van der Waals surface area contributed by atoms with Crippen molar-refractivity contribution in [1.82, 2.24) is 14.5 Å². The minimum absolute atomic E-state index is 0.0935. The second-order valence-electron chi connectivity index (χ2n) is 8.22. The van der Waals surface area contributed by atoms with Crippen molar-refractivity contribution in [3.8, 4) is 0 Å². The normalized spacial score (nSPS) is 18.6. The number of ether oxygens (including phenoxy) is 1. The van der Waals surface area contributed by atoms with Crippen LogP contribution in [0, 0.1) is 0 Å². The Hall–Kier alpha value is -2.48. The van der Waals surface area contributed by atoms with Gasteiger partial charge in [0.2, 0.25) is 5.95 Å². The Morgan fingerprint density at radius 3 is 2.82 bits per heavy atom. The Labute approximate surface area is 203 Å². The van der Waals surface area contributed by atoms with Crippen LogP contribution in [0.1, 0.15) is 25.3 Å². The highest BCUT2D eigenvalue weighted by atomic mass is 35.5. The number of fused-ring (bicyclic) bond motifs is 1. The molecule has 2 heterocycles. The van der Waals surface area contributed by atoms with Gasteiger partial charge in [-0.1, -0.05) is 41.4 Å². The first-order valence-corrected chi connectivity index (χ1v) is 11.9. The first kappa shape index (κ1) is 23.7. The number of nitrogens with one attached hydrogen (secondary N) is 1. The third-order valence-electron chi connectivity index (χ3n) is 6.07. The van der Waals surface area contributed by atoms with E-state index < -0.39 is 6.09 Å². The zero-order valence-corrected chi connectivity index (χ0v) is 20.0. The largest absolute Gasteiger partial charge is 0.465 e. The molecule has 7 nitrogen and oxygen atoms in total. The van der Waals surface area contributed by atoms with E-state index in [1.54, 1.807) is 6.07 Å². The van der Waals surface area contributed by atoms with Gasteiger partial charge in [-0.25, -0.2) is 9.78 Å². The molecule has 0 saturated carbocycles. The van der Waals surface area contributed by atoms with E-state index in [-0.39, 0.29) is 12.1 Å². The van der Waals surface area contributed by atoms with Gasteiger partial charge in [-0.15, -0.1) is 0 Å². The van der Waals surface area contributed by atoms with E-state index >= 15 is 0 Å². The molecule has 4 rings (SSSR count). The standard InChI is InChI=1S/C24H28Cl2N4O3/c1-2-33-12-11-30-22-6-4-3-5-21(22)28-23(30)27-17-9-10-29(24(31)32)18(15-17)13-16-7-8-19(25)20(26)14-16/h3-8,14,17-18H,2,9-13,15H2,1H3,(H,27,28)(H,31,32)/t17-,18+/m1/s1. The highest BCUT2D eigenvalue weighted by molar-refractivity contribution is 6.42. The number of para-hydroxylation sites is 2. The smallest absolute Gasteiger partial charge is 0.407 e. The van der Waals surface area contributed by atoms with Gasteiger partial charge in [0.15, 0.2) is 0 Å². The number of imidazole rings is 1. The van der Waals surface area contributed by atoms with Gasteiger partial charge in [-0.2, -0.15) is 0 Å². The van der Waals surface area contributed by atoms with E-state index in [9.17, 15) is 9.90 Å². The lowest BCUT2D eigenvalue weighted by Crippen LogP contribution is -2.49. The van der Waals surface area contributed by atoms with E-state index in [2.05, 4.69) is 16.0 Å². The number of hydrogen-bond donors (Lipinski definition) is 2.